The number of nitrogens with zero attached hydrogens (tertiary/aromatic N) is 2. The molecule has 0 aliphatic heterocycles. The highest BCUT2D eigenvalue weighted by atomic mass is 16.3. The van der Waals surface area contributed by atoms with Crippen molar-refractivity contribution in [2.45, 2.75) is 38.2 Å². The first-order chi connectivity index (χ1) is 9.25. The number of hydrogen-bond donors (Lipinski definition) is 1. The lowest BCUT2D eigenvalue weighted by molar-refractivity contribution is 0.151. The van der Waals surface area contributed by atoms with E-state index in [9.17, 15) is 5.11 Å². The molecule has 0 aliphatic carbocycles. The second kappa shape index (κ2) is 7.10. The molecular weight excluding hydrogens is 236 g/mol. The Morgan fingerprint density at radius 2 is 1.95 bits per heavy atom. The van der Waals surface area contributed by atoms with Crippen LogP contribution in [0.1, 0.15) is 30.7 Å². The van der Waals surface area contributed by atoms with E-state index in [2.05, 4.69) is 29.2 Å². The predicted octanol–water partition coefficient (Wildman–Crippen LogP) is 2.74. The minimum absolute atomic E-state index is 0.222. The van der Waals surface area contributed by atoms with E-state index in [1.807, 2.05) is 23.9 Å². The highest BCUT2D eigenvalue weighted by molar-refractivity contribution is 5.14. The minimum Gasteiger partial charge on any atom is -0.393 e. The Hall–Kier alpha value is -1.61. The Kier molecular flexibility index (Phi) is 5.16. The summed E-state index contributed by atoms with van der Waals surface area (Å²) in [5, 5.41) is 9.98. The maximum atomic E-state index is 9.98. The van der Waals surface area contributed by atoms with Gasteiger partial charge in [0.25, 0.3) is 0 Å². The average molecular weight is 258 g/mol. The smallest absolute Gasteiger partial charge is 0.108 e. The van der Waals surface area contributed by atoms with Crippen LogP contribution in [0, 0.1) is 0 Å². The molecule has 1 aromatic carbocycles. The molecule has 0 aliphatic rings. The second-order valence-corrected chi connectivity index (χ2v) is 5.02. The lowest BCUT2D eigenvalue weighted by Gasteiger charge is -2.10. The number of benzene rings is 1. The van der Waals surface area contributed by atoms with Crippen LogP contribution in [0.25, 0.3) is 0 Å². The van der Waals surface area contributed by atoms with Gasteiger partial charge in [-0.15, -0.1) is 0 Å². The molecule has 0 saturated heterocycles. The third-order valence-electron chi connectivity index (χ3n) is 3.47. The molecule has 1 atom stereocenters. The SMILES string of the molecule is Cn1ccnc1CCC(O)CCCc1ccccc1. The number of aliphatic hydroxyl groups is 1. The van der Waals surface area contributed by atoms with Crippen LogP contribution in [-0.4, -0.2) is 20.8 Å². The lowest BCUT2D eigenvalue weighted by Crippen LogP contribution is -2.10. The summed E-state index contributed by atoms with van der Waals surface area (Å²) >= 11 is 0. The van der Waals surface area contributed by atoms with Gasteiger partial charge in [-0.25, -0.2) is 4.98 Å². The highest BCUT2D eigenvalue weighted by Gasteiger charge is 2.07. The fraction of sp³-hybridized carbons (Fsp3) is 0.438. The van der Waals surface area contributed by atoms with Crippen molar-refractivity contribution in [1.29, 1.82) is 0 Å². The number of aromatic nitrogens is 2. The summed E-state index contributed by atoms with van der Waals surface area (Å²) in [5.74, 6) is 1.04. The van der Waals surface area contributed by atoms with Gasteiger partial charge >= 0.3 is 0 Å². The van der Waals surface area contributed by atoms with Crippen molar-refractivity contribution in [2.75, 3.05) is 0 Å². The first-order valence-electron chi connectivity index (χ1n) is 6.94. The lowest BCUT2D eigenvalue weighted by atomic mass is 10.0. The van der Waals surface area contributed by atoms with Crippen LogP contribution in [0.5, 0.6) is 0 Å². The van der Waals surface area contributed by atoms with Crippen molar-refractivity contribution < 1.29 is 5.11 Å². The molecule has 0 fully saturated rings. The number of rotatable bonds is 7. The molecule has 0 spiro atoms. The topological polar surface area (TPSA) is 38.0 Å². The van der Waals surface area contributed by atoms with Crippen molar-refractivity contribution in [1.82, 2.24) is 9.55 Å². The summed E-state index contributed by atoms with van der Waals surface area (Å²) < 4.78 is 2.01. The number of aliphatic hydroxyl groups excluding tert-OH is 1. The first kappa shape index (κ1) is 13.8. The summed E-state index contributed by atoms with van der Waals surface area (Å²) in [6.07, 6.45) is 8.09. The fourth-order valence-corrected chi connectivity index (χ4v) is 2.26. The fourth-order valence-electron chi connectivity index (χ4n) is 2.26. The minimum atomic E-state index is -0.222. The molecule has 2 rings (SSSR count). The van der Waals surface area contributed by atoms with E-state index in [4.69, 9.17) is 0 Å². The number of aryl methyl sites for hydroxylation is 3. The van der Waals surface area contributed by atoms with E-state index in [0.717, 1.165) is 37.9 Å². The van der Waals surface area contributed by atoms with Gasteiger partial charge in [-0.2, -0.15) is 0 Å². The first-order valence-corrected chi connectivity index (χ1v) is 6.94. The molecule has 1 unspecified atom stereocenters. The van der Waals surface area contributed by atoms with Crippen LogP contribution >= 0.6 is 0 Å². The summed E-state index contributed by atoms with van der Waals surface area (Å²) in [7, 11) is 1.99. The molecule has 1 aromatic heterocycles. The van der Waals surface area contributed by atoms with E-state index in [1.54, 1.807) is 6.20 Å². The Morgan fingerprint density at radius 1 is 1.16 bits per heavy atom. The van der Waals surface area contributed by atoms with Crippen molar-refractivity contribution in [2.24, 2.45) is 7.05 Å². The molecule has 3 nitrogen and oxygen atoms in total. The normalized spacial score (nSPS) is 12.5. The van der Waals surface area contributed by atoms with Gasteiger partial charge in [-0.3, -0.25) is 0 Å². The maximum Gasteiger partial charge on any atom is 0.108 e. The van der Waals surface area contributed by atoms with Crippen molar-refractivity contribution in [3.63, 3.8) is 0 Å². The third kappa shape index (κ3) is 4.52. The molecule has 0 bridgehead atoms. The molecule has 0 radical (unpaired) electrons. The molecular formula is C16H22N2O. The van der Waals surface area contributed by atoms with Crippen LogP contribution in [0.3, 0.4) is 0 Å². The van der Waals surface area contributed by atoms with E-state index >= 15 is 0 Å². The molecule has 1 N–H and O–H groups in total. The molecule has 3 heteroatoms. The van der Waals surface area contributed by atoms with Crippen LogP contribution in [0.4, 0.5) is 0 Å². The average Bonchev–Trinajstić information content (AvgIpc) is 2.83. The van der Waals surface area contributed by atoms with E-state index in [1.165, 1.54) is 5.56 Å². The zero-order valence-electron chi connectivity index (χ0n) is 11.5. The quantitative estimate of drug-likeness (QED) is 0.829. The summed E-state index contributed by atoms with van der Waals surface area (Å²) in [4.78, 5) is 4.27. The van der Waals surface area contributed by atoms with E-state index < -0.39 is 0 Å². The van der Waals surface area contributed by atoms with E-state index in [0.29, 0.717) is 0 Å². The Bertz CT molecular complexity index is 479. The van der Waals surface area contributed by atoms with Gasteiger partial charge in [0.15, 0.2) is 0 Å². The Labute approximate surface area is 114 Å². The molecule has 0 amide bonds. The second-order valence-electron chi connectivity index (χ2n) is 5.02. The van der Waals surface area contributed by atoms with Gasteiger partial charge in [0.1, 0.15) is 5.82 Å². The standard InChI is InChI=1S/C16H22N2O/c1-18-13-12-17-16(18)11-10-15(19)9-5-8-14-6-3-2-4-7-14/h2-4,6-7,12-13,15,19H,5,8-11H2,1H3. The molecule has 1 heterocycles. The zero-order chi connectivity index (χ0) is 13.5. The monoisotopic (exact) mass is 258 g/mol. The molecule has 19 heavy (non-hydrogen) atoms. The highest BCUT2D eigenvalue weighted by Crippen LogP contribution is 2.10. The largest absolute Gasteiger partial charge is 0.393 e. The molecule has 102 valence electrons. The molecule has 2 aromatic rings. The Balaban J connectivity index is 1.65. The summed E-state index contributed by atoms with van der Waals surface area (Å²) in [5.41, 5.74) is 1.35. The van der Waals surface area contributed by atoms with Crippen molar-refractivity contribution >= 4 is 0 Å². The summed E-state index contributed by atoms with van der Waals surface area (Å²) in [6.45, 7) is 0. The van der Waals surface area contributed by atoms with Crippen LogP contribution in [0.15, 0.2) is 42.7 Å². The van der Waals surface area contributed by atoms with Gasteiger partial charge in [0, 0.05) is 25.9 Å². The maximum absolute atomic E-state index is 9.98. The van der Waals surface area contributed by atoms with Crippen LogP contribution in [-0.2, 0) is 19.9 Å². The molecule has 0 saturated carbocycles. The van der Waals surface area contributed by atoms with Gasteiger partial charge in [0.05, 0.1) is 6.10 Å². The number of hydrogen-bond acceptors (Lipinski definition) is 2. The van der Waals surface area contributed by atoms with E-state index in [-0.39, 0.29) is 6.10 Å². The zero-order valence-corrected chi connectivity index (χ0v) is 11.5. The summed E-state index contributed by atoms with van der Waals surface area (Å²) in [6, 6.07) is 10.4. The Morgan fingerprint density at radius 3 is 2.63 bits per heavy atom. The van der Waals surface area contributed by atoms with Gasteiger partial charge in [0.2, 0.25) is 0 Å². The predicted molar refractivity (Wildman–Crippen MR) is 76.9 cm³/mol. The van der Waals surface area contributed by atoms with Crippen molar-refractivity contribution in [3.05, 3.63) is 54.1 Å². The van der Waals surface area contributed by atoms with Crippen LogP contribution < -0.4 is 0 Å². The van der Waals surface area contributed by atoms with Gasteiger partial charge < -0.3 is 9.67 Å². The number of imidazole rings is 1. The van der Waals surface area contributed by atoms with Gasteiger partial charge in [-0.1, -0.05) is 30.3 Å². The van der Waals surface area contributed by atoms with Crippen molar-refractivity contribution in [3.8, 4) is 0 Å². The van der Waals surface area contributed by atoms with Crippen LogP contribution in [0.2, 0.25) is 0 Å². The van der Waals surface area contributed by atoms with Gasteiger partial charge in [-0.05, 0) is 31.2 Å². The third-order valence-corrected chi connectivity index (χ3v) is 3.47.